The Morgan fingerprint density at radius 3 is 2.69 bits per heavy atom. The van der Waals surface area contributed by atoms with Crippen molar-refractivity contribution in [2.75, 3.05) is 26.2 Å². The molecule has 2 aliphatic heterocycles. The minimum Gasteiger partial charge on any atom is -0.369 e. The molecule has 0 aromatic heterocycles. The molecule has 2 heterocycles. The molecule has 5 nitrogen and oxygen atoms in total. The molecule has 144 valence electrons. The molecular weight excluding hydrogens is 324 g/mol. The zero-order valence-electron chi connectivity index (χ0n) is 16.6. The van der Waals surface area contributed by atoms with Crippen molar-refractivity contribution in [1.29, 1.82) is 0 Å². The Kier molecular flexibility index (Phi) is 5.86. The van der Waals surface area contributed by atoms with Crippen LogP contribution in [0.3, 0.4) is 0 Å². The molecule has 1 amide bonds. The molecule has 1 fully saturated rings. The Labute approximate surface area is 158 Å². The molecule has 1 unspecified atom stereocenters. The summed E-state index contributed by atoms with van der Waals surface area (Å²) in [5, 5.41) is 0. The van der Waals surface area contributed by atoms with Crippen LogP contribution in [0.2, 0.25) is 0 Å². The molecule has 0 aromatic rings. The number of amides is 1. The van der Waals surface area contributed by atoms with Gasteiger partial charge in [-0.1, -0.05) is 37.6 Å². The van der Waals surface area contributed by atoms with Crippen molar-refractivity contribution in [2.24, 2.45) is 22.6 Å². The lowest BCUT2D eigenvalue weighted by atomic mass is 9.90. The third-order valence-electron chi connectivity index (χ3n) is 5.82. The minimum atomic E-state index is -0.667. The van der Waals surface area contributed by atoms with E-state index < -0.39 is 5.54 Å². The average Bonchev–Trinajstić information content (AvgIpc) is 2.80. The molecule has 1 aliphatic carbocycles. The maximum atomic E-state index is 12.9. The van der Waals surface area contributed by atoms with E-state index in [9.17, 15) is 4.79 Å². The first-order valence-corrected chi connectivity index (χ1v) is 10.1. The van der Waals surface area contributed by atoms with Gasteiger partial charge in [0.25, 0.3) is 5.91 Å². The maximum absolute atomic E-state index is 12.9. The zero-order valence-corrected chi connectivity index (χ0v) is 16.6. The standard InChI is InChI=1S/C21H34N4O/c1-16(2)13-21(3)19(26)25(20(22)23-21)15-18-9-11-24(12-10-18)14-17-7-5-4-6-8-17/h4-5,7,16,18H,6,8-15H2,1-3H3,(H2,22,23). The van der Waals surface area contributed by atoms with Gasteiger partial charge in [0.1, 0.15) is 5.54 Å². The number of allylic oxidation sites excluding steroid dienone is 3. The van der Waals surface area contributed by atoms with E-state index in [2.05, 4.69) is 42.0 Å². The number of piperidine rings is 1. The summed E-state index contributed by atoms with van der Waals surface area (Å²) >= 11 is 0. The Balaban J connectivity index is 1.50. The smallest absolute Gasteiger partial charge is 0.257 e. The minimum absolute atomic E-state index is 0.0882. The van der Waals surface area contributed by atoms with Gasteiger partial charge in [-0.05, 0) is 64.0 Å². The Morgan fingerprint density at radius 2 is 2.08 bits per heavy atom. The summed E-state index contributed by atoms with van der Waals surface area (Å²) in [5.41, 5.74) is 7.00. The molecule has 26 heavy (non-hydrogen) atoms. The Hall–Kier alpha value is -1.62. The largest absolute Gasteiger partial charge is 0.369 e. The summed E-state index contributed by atoms with van der Waals surface area (Å²) in [6, 6.07) is 0. The number of aliphatic imine (C=N–C) groups is 1. The van der Waals surface area contributed by atoms with Crippen LogP contribution in [0.15, 0.2) is 28.8 Å². The number of nitrogens with zero attached hydrogens (tertiary/aromatic N) is 3. The quantitative estimate of drug-likeness (QED) is 0.794. The topological polar surface area (TPSA) is 61.9 Å². The van der Waals surface area contributed by atoms with Crippen molar-refractivity contribution in [3.63, 3.8) is 0 Å². The highest BCUT2D eigenvalue weighted by atomic mass is 16.2. The van der Waals surface area contributed by atoms with Gasteiger partial charge in [0.05, 0.1) is 0 Å². The first kappa shape index (κ1) is 19.2. The predicted octanol–water partition coefficient (Wildman–Crippen LogP) is 2.94. The average molecular weight is 359 g/mol. The highest BCUT2D eigenvalue weighted by Gasteiger charge is 2.44. The van der Waals surface area contributed by atoms with Crippen molar-refractivity contribution in [3.05, 3.63) is 23.8 Å². The van der Waals surface area contributed by atoms with Crippen LogP contribution in [0.25, 0.3) is 0 Å². The van der Waals surface area contributed by atoms with Crippen LogP contribution in [-0.4, -0.2) is 53.4 Å². The monoisotopic (exact) mass is 358 g/mol. The van der Waals surface area contributed by atoms with Crippen LogP contribution in [0.1, 0.15) is 52.9 Å². The van der Waals surface area contributed by atoms with Crippen LogP contribution in [0, 0.1) is 11.8 Å². The van der Waals surface area contributed by atoms with Crippen LogP contribution in [0.4, 0.5) is 0 Å². The van der Waals surface area contributed by atoms with Crippen LogP contribution in [-0.2, 0) is 4.79 Å². The summed E-state index contributed by atoms with van der Waals surface area (Å²) in [7, 11) is 0. The Morgan fingerprint density at radius 1 is 1.35 bits per heavy atom. The van der Waals surface area contributed by atoms with E-state index in [1.165, 1.54) is 12.8 Å². The number of carbonyl (C=O) groups excluding carboxylic acids is 1. The fourth-order valence-electron chi connectivity index (χ4n) is 4.52. The number of hydrogen-bond donors (Lipinski definition) is 1. The summed E-state index contributed by atoms with van der Waals surface area (Å²) in [6.45, 7) is 10.2. The van der Waals surface area contributed by atoms with E-state index in [-0.39, 0.29) is 5.91 Å². The maximum Gasteiger partial charge on any atom is 0.257 e. The van der Waals surface area contributed by atoms with Gasteiger partial charge in [0.15, 0.2) is 5.96 Å². The predicted molar refractivity (Wildman–Crippen MR) is 107 cm³/mol. The zero-order chi connectivity index (χ0) is 18.7. The molecule has 3 aliphatic rings. The van der Waals surface area contributed by atoms with E-state index in [0.29, 0.717) is 17.8 Å². The fraction of sp³-hybridized carbons (Fsp3) is 0.714. The lowest BCUT2D eigenvalue weighted by Gasteiger charge is -2.34. The molecule has 0 saturated carbocycles. The van der Waals surface area contributed by atoms with Crippen LogP contribution in [0.5, 0.6) is 0 Å². The van der Waals surface area contributed by atoms with Gasteiger partial charge < -0.3 is 5.73 Å². The molecule has 1 atom stereocenters. The van der Waals surface area contributed by atoms with Crippen molar-refractivity contribution in [3.8, 4) is 0 Å². The van der Waals surface area contributed by atoms with E-state index in [1.54, 1.807) is 10.5 Å². The molecule has 0 spiro atoms. The van der Waals surface area contributed by atoms with Gasteiger partial charge in [-0.2, -0.15) is 0 Å². The third-order valence-corrected chi connectivity index (χ3v) is 5.82. The number of rotatable bonds is 6. The van der Waals surface area contributed by atoms with Crippen molar-refractivity contribution >= 4 is 11.9 Å². The number of nitrogens with two attached hydrogens (primary N) is 1. The Bertz CT molecular complexity index is 614. The second-order valence-corrected chi connectivity index (χ2v) is 8.77. The first-order chi connectivity index (χ1) is 12.4. The van der Waals surface area contributed by atoms with Gasteiger partial charge in [-0.25, -0.2) is 4.99 Å². The number of likely N-dealkylation sites (tertiary alicyclic amines) is 1. The van der Waals surface area contributed by atoms with Crippen LogP contribution < -0.4 is 5.73 Å². The number of hydrogen-bond acceptors (Lipinski definition) is 4. The molecule has 0 bridgehead atoms. The summed E-state index contributed by atoms with van der Waals surface area (Å²) in [6.07, 6.45) is 12.1. The molecule has 1 saturated heterocycles. The normalized spacial score (nSPS) is 28.0. The van der Waals surface area contributed by atoms with E-state index >= 15 is 0 Å². The van der Waals surface area contributed by atoms with Gasteiger partial charge >= 0.3 is 0 Å². The second-order valence-electron chi connectivity index (χ2n) is 8.77. The van der Waals surface area contributed by atoms with E-state index in [4.69, 9.17) is 5.73 Å². The van der Waals surface area contributed by atoms with Crippen molar-refractivity contribution in [1.82, 2.24) is 9.80 Å². The summed E-state index contributed by atoms with van der Waals surface area (Å²) in [5.74, 6) is 1.45. The molecule has 3 rings (SSSR count). The highest BCUT2D eigenvalue weighted by molar-refractivity contribution is 6.06. The van der Waals surface area contributed by atoms with Gasteiger partial charge in [-0.15, -0.1) is 0 Å². The summed E-state index contributed by atoms with van der Waals surface area (Å²) < 4.78 is 0. The molecule has 0 radical (unpaired) electrons. The van der Waals surface area contributed by atoms with Gasteiger partial charge in [-0.3, -0.25) is 14.6 Å². The van der Waals surface area contributed by atoms with E-state index in [0.717, 1.165) is 45.4 Å². The fourth-order valence-corrected chi connectivity index (χ4v) is 4.52. The summed E-state index contributed by atoms with van der Waals surface area (Å²) in [4.78, 5) is 21.7. The third kappa shape index (κ3) is 4.37. The second kappa shape index (κ2) is 7.95. The lowest BCUT2D eigenvalue weighted by molar-refractivity contribution is -0.131. The molecule has 5 heteroatoms. The van der Waals surface area contributed by atoms with E-state index in [1.807, 2.05) is 6.92 Å². The van der Waals surface area contributed by atoms with Crippen molar-refractivity contribution < 1.29 is 4.79 Å². The number of carbonyl (C=O) groups is 1. The highest BCUT2D eigenvalue weighted by Crippen LogP contribution is 2.30. The van der Waals surface area contributed by atoms with Gasteiger partial charge in [0, 0.05) is 13.1 Å². The van der Waals surface area contributed by atoms with Gasteiger partial charge in [0.2, 0.25) is 0 Å². The van der Waals surface area contributed by atoms with Crippen molar-refractivity contribution in [2.45, 2.75) is 58.4 Å². The SMILES string of the molecule is CC(C)CC1(C)N=C(N)N(CC2CCN(CC3=CC=CCC3)CC2)C1=O. The number of guanidine groups is 1. The molecular formula is C21H34N4O. The van der Waals surface area contributed by atoms with Crippen LogP contribution >= 0.6 is 0 Å². The lowest BCUT2D eigenvalue weighted by Crippen LogP contribution is -2.47. The first-order valence-electron chi connectivity index (χ1n) is 10.1. The molecule has 2 N–H and O–H groups in total. The molecule has 0 aromatic carbocycles.